The number of hydrogen-bond donors (Lipinski definition) is 2. The molecule has 2 aromatic rings. The molecule has 1 atom stereocenters. The maximum absolute atomic E-state index is 5.56. The van der Waals surface area contributed by atoms with E-state index in [0.717, 1.165) is 21.5 Å². The highest BCUT2D eigenvalue weighted by molar-refractivity contribution is 9.10. The number of aromatic nitrogens is 2. The van der Waals surface area contributed by atoms with Gasteiger partial charge in [-0.15, -0.1) is 10.2 Å². The van der Waals surface area contributed by atoms with Gasteiger partial charge in [-0.2, -0.15) is 0 Å². The van der Waals surface area contributed by atoms with E-state index in [1.165, 1.54) is 5.56 Å². The fourth-order valence-corrected chi connectivity index (χ4v) is 2.10. The monoisotopic (exact) mass is 320 g/mol. The predicted molar refractivity (Wildman–Crippen MR) is 82.0 cm³/mol. The normalized spacial score (nSPS) is 12.2. The molecule has 3 N–H and O–H groups in total. The Kier molecular flexibility index (Phi) is 4.50. The summed E-state index contributed by atoms with van der Waals surface area (Å²) in [6.45, 7) is 4.63. The summed E-state index contributed by atoms with van der Waals surface area (Å²) in [5.41, 5.74) is 8.69. The number of nitrogens with one attached hydrogen (secondary N) is 1. The number of anilines is 1. The highest BCUT2D eigenvalue weighted by atomic mass is 79.9. The molecule has 2 rings (SSSR count). The van der Waals surface area contributed by atoms with E-state index in [1.54, 1.807) is 0 Å². The summed E-state index contributed by atoms with van der Waals surface area (Å²) in [7, 11) is 0. The van der Waals surface area contributed by atoms with Crippen molar-refractivity contribution in [3.05, 3.63) is 40.4 Å². The molecule has 1 aromatic heterocycles. The van der Waals surface area contributed by atoms with E-state index < -0.39 is 0 Å². The van der Waals surface area contributed by atoms with Gasteiger partial charge < -0.3 is 11.1 Å². The summed E-state index contributed by atoms with van der Waals surface area (Å²) in [5.74, 6) is 0.745. The lowest BCUT2D eigenvalue weighted by atomic mass is 10.1. The second-order valence-corrected chi connectivity index (χ2v) is 5.46. The van der Waals surface area contributed by atoms with Crippen molar-refractivity contribution in [1.82, 2.24) is 10.2 Å². The first-order valence-corrected chi connectivity index (χ1v) is 6.96. The number of benzene rings is 1. The van der Waals surface area contributed by atoms with Crippen LogP contribution in [-0.2, 0) is 0 Å². The van der Waals surface area contributed by atoms with Gasteiger partial charge in [-0.05, 0) is 43.7 Å². The molecule has 0 fully saturated rings. The summed E-state index contributed by atoms with van der Waals surface area (Å²) < 4.78 is 1.04. The Morgan fingerprint density at radius 3 is 2.68 bits per heavy atom. The van der Waals surface area contributed by atoms with Crippen LogP contribution in [0, 0.1) is 6.92 Å². The van der Waals surface area contributed by atoms with Crippen LogP contribution in [0.15, 0.2) is 34.8 Å². The van der Waals surface area contributed by atoms with Crippen LogP contribution in [0.25, 0.3) is 11.3 Å². The van der Waals surface area contributed by atoms with Crippen LogP contribution in [-0.4, -0.2) is 22.8 Å². The van der Waals surface area contributed by atoms with Crippen LogP contribution in [0.5, 0.6) is 0 Å². The summed E-state index contributed by atoms with van der Waals surface area (Å²) in [5, 5.41) is 11.6. The summed E-state index contributed by atoms with van der Waals surface area (Å²) in [4.78, 5) is 0. The van der Waals surface area contributed by atoms with Crippen molar-refractivity contribution in [2.24, 2.45) is 5.73 Å². The van der Waals surface area contributed by atoms with Crippen LogP contribution in [0.4, 0.5) is 5.82 Å². The molecule has 0 aliphatic rings. The molecule has 0 saturated heterocycles. The van der Waals surface area contributed by atoms with E-state index in [9.17, 15) is 0 Å². The van der Waals surface area contributed by atoms with Gasteiger partial charge in [0.05, 0.1) is 5.69 Å². The second kappa shape index (κ2) is 6.12. The summed E-state index contributed by atoms with van der Waals surface area (Å²) >= 11 is 3.48. The second-order valence-electron chi connectivity index (χ2n) is 4.54. The van der Waals surface area contributed by atoms with Gasteiger partial charge in [-0.25, -0.2) is 0 Å². The molecule has 4 nitrogen and oxygen atoms in total. The molecule has 0 spiro atoms. The standard InChI is InChI=1S/C14H17BrN4/c1-9-3-4-11(15)7-12(9)13-5-6-14(19-18-13)17-10(2)8-16/h3-7,10H,8,16H2,1-2H3,(H,17,19). The van der Waals surface area contributed by atoms with Gasteiger partial charge >= 0.3 is 0 Å². The van der Waals surface area contributed by atoms with Gasteiger partial charge in [0.2, 0.25) is 0 Å². The Bertz CT molecular complexity index is 554. The molecule has 1 heterocycles. The number of aryl methyl sites for hydroxylation is 1. The van der Waals surface area contributed by atoms with Gasteiger partial charge in [-0.1, -0.05) is 22.0 Å². The largest absolute Gasteiger partial charge is 0.365 e. The highest BCUT2D eigenvalue weighted by Gasteiger charge is 2.06. The van der Waals surface area contributed by atoms with E-state index in [1.807, 2.05) is 25.1 Å². The van der Waals surface area contributed by atoms with Crippen molar-refractivity contribution in [3.63, 3.8) is 0 Å². The minimum atomic E-state index is 0.188. The van der Waals surface area contributed by atoms with Crippen molar-refractivity contribution in [2.45, 2.75) is 19.9 Å². The maximum Gasteiger partial charge on any atom is 0.148 e. The zero-order valence-corrected chi connectivity index (χ0v) is 12.6. The molecule has 1 unspecified atom stereocenters. The first kappa shape index (κ1) is 14.0. The van der Waals surface area contributed by atoms with Gasteiger partial charge in [0, 0.05) is 22.6 Å². The summed E-state index contributed by atoms with van der Waals surface area (Å²) in [6.07, 6.45) is 0. The molecule has 5 heteroatoms. The first-order valence-electron chi connectivity index (χ1n) is 6.17. The van der Waals surface area contributed by atoms with Crippen LogP contribution >= 0.6 is 15.9 Å². The van der Waals surface area contributed by atoms with E-state index in [2.05, 4.69) is 50.5 Å². The van der Waals surface area contributed by atoms with Gasteiger partial charge in [-0.3, -0.25) is 0 Å². The fraction of sp³-hybridized carbons (Fsp3) is 0.286. The molecular formula is C14H17BrN4. The van der Waals surface area contributed by atoms with Crippen molar-refractivity contribution in [3.8, 4) is 11.3 Å². The third-order valence-electron chi connectivity index (χ3n) is 2.89. The smallest absolute Gasteiger partial charge is 0.148 e. The molecule has 19 heavy (non-hydrogen) atoms. The van der Waals surface area contributed by atoms with Crippen LogP contribution in [0.2, 0.25) is 0 Å². The maximum atomic E-state index is 5.56. The third-order valence-corrected chi connectivity index (χ3v) is 3.38. The van der Waals surface area contributed by atoms with Crippen molar-refractivity contribution in [2.75, 3.05) is 11.9 Å². The molecule has 0 aliphatic heterocycles. The Morgan fingerprint density at radius 2 is 2.05 bits per heavy atom. The average Bonchev–Trinajstić information content (AvgIpc) is 2.42. The lowest BCUT2D eigenvalue weighted by Crippen LogP contribution is -2.25. The zero-order valence-electron chi connectivity index (χ0n) is 11.0. The third kappa shape index (κ3) is 3.52. The van der Waals surface area contributed by atoms with Crippen LogP contribution < -0.4 is 11.1 Å². The van der Waals surface area contributed by atoms with Crippen molar-refractivity contribution < 1.29 is 0 Å². The number of hydrogen-bond acceptors (Lipinski definition) is 4. The van der Waals surface area contributed by atoms with Crippen LogP contribution in [0.3, 0.4) is 0 Å². The molecule has 0 aliphatic carbocycles. The lowest BCUT2D eigenvalue weighted by Gasteiger charge is -2.11. The van der Waals surface area contributed by atoms with Gasteiger partial charge in [0.1, 0.15) is 5.82 Å². The molecule has 0 radical (unpaired) electrons. The molecule has 1 aromatic carbocycles. The van der Waals surface area contributed by atoms with Gasteiger partial charge in [0.15, 0.2) is 0 Å². The SMILES string of the molecule is Cc1ccc(Br)cc1-c1ccc(NC(C)CN)nn1. The number of nitrogens with two attached hydrogens (primary N) is 1. The van der Waals surface area contributed by atoms with Crippen LogP contribution in [0.1, 0.15) is 12.5 Å². The Labute approximate surface area is 121 Å². The topological polar surface area (TPSA) is 63.8 Å². The van der Waals surface area contributed by atoms with Crippen molar-refractivity contribution in [1.29, 1.82) is 0 Å². The predicted octanol–water partition coefficient (Wildman–Crippen LogP) is 2.97. The Morgan fingerprint density at radius 1 is 1.26 bits per heavy atom. The summed E-state index contributed by atoms with van der Waals surface area (Å²) in [6, 6.07) is 10.2. The average molecular weight is 321 g/mol. The number of nitrogens with zero attached hydrogens (tertiary/aromatic N) is 2. The Balaban J connectivity index is 2.25. The molecular weight excluding hydrogens is 304 g/mol. The zero-order chi connectivity index (χ0) is 13.8. The Hall–Kier alpha value is -1.46. The molecule has 100 valence electrons. The van der Waals surface area contributed by atoms with E-state index in [4.69, 9.17) is 5.73 Å². The molecule has 0 saturated carbocycles. The molecule has 0 bridgehead atoms. The minimum Gasteiger partial charge on any atom is -0.365 e. The first-order chi connectivity index (χ1) is 9.10. The lowest BCUT2D eigenvalue weighted by molar-refractivity contribution is 0.792. The van der Waals surface area contributed by atoms with Gasteiger partial charge in [0.25, 0.3) is 0 Å². The number of halogens is 1. The minimum absolute atomic E-state index is 0.188. The fourth-order valence-electron chi connectivity index (χ4n) is 1.73. The van der Waals surface area contributed by atoms with E-state index in [0.29, 0.717) is 6.54 Å². The number of rotatable bonds is 4. The quantitative estimate of drug-likeness (QED) is 0.909. The highest BCUT2D eigenvalue weighted by Crippen LogP contribution is 2.25. The van der Waals surface area contributed by atoms with Crippen molar-refractivity contribution >= 4 is 21.7 Å². The molecule has 0 amide bonds. The van der Waals surface area contributed by atoms with E-state index >= 15 is 0 Å². The van der Waals surface area contributed by atoms with E-state index in [-0.39, 0.29) is 6.04 Å².